The number of benzene rings is 2. The molecule has 0 aliphatic heterocycles. The Morgan fingerprint density at radius 3 is 2.56 bits per heavy atom. The first kappa shape index (κ1) is 17.3. The predicted molar refractivity (Wildman–Crippen MR) is 99.6 cm³/mol. The molecule has 0 radical (unpaired) electrons. The first-order chi connectivity index (χ1) is 12.0. The first-order valence-corrected chi connectivity index (χ1v) is 8.62. The summed E-state index contributed by atoms with van der Waals surface area (Å²) in [6.45, 7) is 3.99. The first-order valence-electron chi connectivity index (χ1n) is 8.62. The molecule has 5 heteroatoms. The number of nitrogens with one attached hydrogen (secondary N) is 1. The summed E-state index contributed by atoms with van der Waals surface area (Å²) in [4.78, 5) is 4.50. The van der Waals surface area contributed by atoms with Crippen molar-refractivity contribution in [1.29, 1.82) is 0 Å². The minimum absolute atomic E-state index is 0.148. The Balaban J connectivity index is 1.51. The monoisotopic (exact) mass is 341 g/mol. The Kier molecular flexibility index (Phi) is 5.22. The van der Waals surface area contributed by atoms with Gasteiger partial charge < -0.3 is 15.8 Å². The molecule has 0 heterocycles. The van der Waals surface area contributed by atoms with Crippen molar-refractivity contribution < 1.29 is 9.13 Å². The van der Waals surface area contributed by atoms with Gasteiger partial charge in [-0.25, -0.2) is 9.38 Å². The molecule has 4 nitrogen and oxygen atoms in total. The molecule has 2 aromatic rings. The minimum atomic E-state index is -0.185. The summed E-state index contributed by atoms with van der Waals surface area (Å²) < 4.78 is 18.9. The van der Waals surface area contributed by atoms with Crippen LogP contribution in [0.5, 0.6) is 5.75 Å². The van der Waals surface area contributed by atoms with Gasteiger partial charge in [-0.1, -0.05) is 12.1 Å². The van der Waals surface area contributed by atoms with Gasteiger partial charge in [-0.15, -0.1) is 0 Å². The molecule has 0 bridgehead atoms. The van der Waals surface area contributed by atoms with Crippen LogP contribution >= 0.6 is 0 Å². The molecule has 132 valence electrons. The highest BCUT2D eigenvalue weighted by Crippen LogP contribution is 2.38. The van der Waals surface area contributed by atoms with Crippen LogP contribution in [0.2, 0.25) is 0 Å². The molecule has 0 atom stereocenters. The maximum absolute atomic E-state index is 13.3. The Morgan fingerprint density at radius 2 is 1.92 bits per heavy atom. The standard InChI is InChI=1S/C20H24FN3O/c1-13(2)25-19-8-6-17(7-9-19)23-20(22)24-18-11-15(12-18)14-4-3-5-16(21)10-14/h3-10,13,15,18H,11-12H2,1-2H3,(H3,22,23,24). The molecule has 0 spiro atoms. The van der Waals surface area contributed by atoms with Gasteiger partial charge in [0.2, 0.25) is 0 Å². The summed E-state index contributed by atoms with van der Waals surface area (Å²) in [5, 5.41) is 3.10. The van der Waals surface area contributed by atoms with Crippen LogP contribution in [0.25, 0.3) is 0 Å². The number of guanidine groups is 1. The van der Waals surface area contributed by atoms with Gasteiger partial charge >= 0.3 is 0 Å². The summed E-state index contributed by atoms with van der Waals surface area (Å²) in [5.74, 6) is 1.41. The van der Waals surface area contributed by atoms with Gasteiger partial charge in [0.25, 0.3) is 0 Å². The minimum Gasteiger partial charge on any atom is -0.491 e. The lowest BCUT2D eigenvalue weighted by molar-refractivity contribution is 0.242. The van der Waals surface area contributed by atoms with E-state index in [0.29, 0.717) is 11.9 Å². The predicted octanol–water partition coefficient (Wildman–Crippen LogP) is 4.29. The van der Waals surface area contributed by atoms with E-state index in [2.05, 4.69) is 10.3 Å². The van der Waals surface area contributed by atoms with E-state index in [9.17, 15) is 4.39 Å². The van der Waals surface area contributed by atoms with Crippen molar-refractivity contribution in [3.63, 3.8) is 0 Å². The lowest BCUT2D eigenvalue weighted by atomic mass is 9.76. The summed E-state index contributed by atoms with van der Waals surface area (Å²) >= 11 is 0. The van der Waals surface area contributed by atoms with Crippen LogP contribution in [0.1, 0.15) is 38.2 Å². The molecule has 1 saturated carbocycles. The topological polar surface area (TPSA) is 59.6 Å². The molecule has 2 aromatic carbocycles. The molecular weight excluding hydrogens is 317 g/mol. The van der Waals surface area contributed by atoms with Crippen molar-refractivity contribution in [3.05, 3.63) is 59.9 Å². The Hall–Kier alpha value is -2.56. The number of nitrogens with two attached hydrogens (primary N) is 1. The van der Waals surface area contributed by atoms with Crippen LogP contribution in [0.15, 0.2) is 53.5 Å². The molecule has 0 saturated heterocycles. The second-order valence-electron chi connectivity index (χ2n) is 6.71. The quantitative estimate of drug-likeness (QED) is 0.630. The lowest BCUT2D eigenvalue weighted by Crippen LogP contribution is -2.31. The second kappa shape index (κ2) is 7.55. The van der Waals surface area contributed by atoms with Crippen molar-refractivity contribution in [1.82, 2.24) is 0 Å². The van der Waals surface area contributed by atoms with Crippen LogP contribution in [0.3, 0.4) is 0 Å². The van der Waals surface area contributed by atoms with E-state index in [-0.39, 0.29) is 18.0 Å². The van der Waals surface area contributed by atoms with Gasteiger partial charge in [0.1, 0.15) is 11.6 Å². The third kappa shape index (κ3) is 4.72. The second-order valence-corrected chi connectivity index (χ2v) is 6.71. The summed E-state index contributed by atoms with van der Waals surface area (Å²) in [7, 11) is 0. The normalized spacial score (nSPS) is 20.2. The SMILES string of the molecule is CC(C)Oc1ccc(NC(N)=NC2CC(c3cccc(F)c3)C2)cc1. The number of halogens is 1. The molecule has 1 aliphatic rings. The van der Waals surface area contributed by atoms with Crippen molar-refractivity contribution in [3.8, 4) is 5.75 Å². The molecule has 25 heavy (non-hydrogen) atoms. The maximum atomic E-state index is 13.3. The van der Waals surface area contributed by atoms with E-state index in [1.165, 1.54) is 6.07 Å². The summed E-state index contributed by atoms with van der Waals surface area (Å²) in [5.41, 5.74) is 7.90. The third-order valence-electron chi connectivity index (χ3n) is 4.25. The smallest absolute Gasteiger partial charge is 0.193 e. The lowest BCUT2D eigenvalue weighted by Gasteiger charge is -2.33. The van der Waals surface area contributed by atoms with Crippen LogP contribution in [-0.2, 0) is 0 Å². The number of aliphatic imine (C=N–C) groups is 1. The molecule has 3 rings (SSSR count). The fourth-order valence-electron chi connectivity index (χ4n) is 2.99. The molecule has 0 aromatic heterocycles. The van der Waals surface area contributed by atoms with E-state index in [1.54, 1.807) is 12.1 Å². The van der Waals surface area contributed by atoms with Crippen molar-refractivity contribution in [2.45, 2.75) is 44.8 Å². The Labute approximate surface area is 147 Å². The van der Waals surface area contributed by atoms with Gasteiger partial charge in [0.05, 0.1) is 12.1 Å². The third-order valence-corrected chi connectivity index (χ3v) is 4.25. The van der Waals surface area contributed by atoms with Gasteiger partial charge in [-0.05, 0) is 74.6 Å². The Morgan fingerprint density at radius 1 is 1.20 bits per heavy atom. The van der Waals surface area contributed by atoms with Crippen molar-refractivity contribution in [2.24, 2.45) is 10.7 Å². The van der Waals surface area contributed by atoms with Crippen LogP contribution in [0.4, 0.5) is 10.1 Å². The highest BCUT2D eigenvalue weighted by Gasteiger charge is 2.30. The van der Waals surface area contributed by atoms with E-state index < -0.39 is 0 Å². The van der Waals surface area contributed by atoms with Gasteiger partial charge in [-0.3, -0.25) is 0 Å². The number of anilines is 1. The zero-order valence-corrected chi connectivity index (χ0v) is 14.6. The molecule has 1 aliphatic carbocycles. The zero-order chi connectivity index (χ0) is 17.8. The summed E-state index contributed by atoms with van der Waals surface area (Å²) in [6, 6.07) is 14.6. The highest BCUT2D eigenvalue weighted by atomic mass is 19.1. The van der Waals surface area contributed by atoms with Gasteiger partial charge in [0, 0.05) is 5.69 Å². The Bertz CT molecular complexity index is 737. The van der Waals surface area contributed by atoms with Crippen LogP contribution in [0, 0.1) is 5.82 Å². The van der Waals surface area contributed by atoms with Crippen LogP contribution in [-0.4, -0.2) is 18.1 Å². The number of hydrogen-bond donors (Lipinski definition) is 2. The van der Waals surface area contributed by atoms with Gasteiger partial charge in [0.15, 0.2) is 5.96 Å². The number of ether oxygens (including phenoxy) is 1. The number of hydrogen-bond acceptors (Lipinski definition) is 2. The molecular formula is C20H24FN3O. The highest BCUT2D eigenvalue weighted by molar-refractivity contribution is 5.92. The van der Waals surface area contributed by atoms with Crippen molar-refractivity contribution in [2.75, 3.05) is 5.32 Å². The maximum Gasteiger partial charge on any atom is 0.193 e. The average molecular weight is 341 g/mol. The fraction of sp³-hybridized carbons (Fsp3) is 0.350. The molecule has 0 amide bonds. The zero-order valence-electron chi connectivity index (χ0n) is 14.6. The molecule has 3 N–H and O–H groups in total. The molecule has 1 fully saturated rings. The van der Waals surface area contributed by atoms with E-state index in [0.717, 1.165) is 29.8 Å². The van der Waals surface area contributed by atoms with E-state index in [4.69, 9.17) is 10.5 Å². The van der Waals surface area contributed by atoms with Crippen LogP contribution < -0.4 is 15.8 Å². The van der Waals surface area contributed by atoms with E-state index >= 15 is 0 Å². The van der Waals surface area contributed by atoms with E-state index in [1.807, 2.05) is 44.2 Å². The fourth-order valence-corrected chi connectivity index (χ4v) is 2.99. The average Bonchev–Trinajstić information content (AvgIpc) is 2.52. The van der Waals surface area contributed by atoms with Crippen molar-refractivity contribution >= 4 is 11.6 Å². The number of rotatable bonds is 5. The summed E-state index contributed by atoms with van der Waals surface area (Å²) in [6.07, 6.45) is 1.94. The van der Waals surface area contributed by atoms with Gasteiger partial charge in [-0.2, -0.15) is 0 Å². The number of nitrogens with zero attached hydrogens (tertiary/aromatic N) is 1. The largest absolute Gasteiger partial charge is 0.491 e. The molecule has 0 unspecified atom stereocenters.